The zero-order chi connectivity index (χ0) is 18.6. The first kappa shape index (κ1) is 18.3. The molecule has 0 bridgehead atoms. The van der Waals surface area contributed by atoms with Crippen molar-refractivity contribution < 1.29 is 9.90 Å². The highest BCUT2D eigenvalue weighted by Crippen LogP contribution is 2.40. The van der Waals surface area contributed by atoms with Crippen LogP contribution in [0.15, 0.2) is 59.9 Å². The van der Waals surface area contributed by atoms with Crippen molar-refractivity contribution in [1.82, 2.24) is 10.6 Å². The molecule has 4 nitrogen and oxygen atoms in total. The van der Waals surface area contributed by atoms with Gasteiger partial charge in [-0.2, -0.15) is 0 Å². The van der Waals surface area contributed by atoms with Crippen LogP contribution in [0.1, 0.15) is 44.9 Å². The zero-order valence-electron chi connectivity index (χ0n) is 15.8. The smallest absolute Gasteiger partial charge is 0.321 e. The molecule has 0 aromatic heterocycles. The van der Waals surface area contributed by atoms with Crippen molar-refractivity contribution in [2.45, 2.75) is 51.2 Å². The van der Waals surface area contributed by atoms with Crippen LogP contribution < -0.4 is 10.6 Å². The van der Waals surface area contributed by atoms with Crippen molar-refractivity contribution in [3.8, 4) is 0 Å². The van der Waals surface area contributed by atoms with Crippen molar-refractivity contribution in [3.05, 3.63) is 59.9 Å². The summed E-state index contributed by atoms with van der Waals surface area (Å²) in [7, 11) is 0. The van der Waals surface area contributed by atoms with Crippen LogP contribution in [0.3, 0.4) is 0 Å². The molecule has 0 saturated heterocycles. The Hall–Kier alpha value is -2.07. The van der Waals surface area contributed by atoms with Gasteiger partial charge in [0.25, 0.3) is 0 Å². The average Bonchev–Trinajstić information content (AvgIpc) is 2.71. The van der Waals surface area contributed by atoms with Gasteiger partial charge < -0.3 is 15.7 Å². The maximum Gasteiger partial charge on any atom is 0.321 e. The molecular formula is C23H30N2O2. The number of amides is 2. The number of nitrogens with one attached hydrogen (secondary N) is 2. The largest absolute Gasteiger partial charge is 0.370 e. The van der Waals surface area contributed by atoms with Crippen LogP contribution in [0.5, 0.6) is 0 Å². The Bertz CT molecular complexity index is 708. The van der Waals surface area contributed by atoms with Gasteiger partial charge in [-0.1, -0.05) is 48.6 Å². The highest BCUT2D eigenvalue weighted by molar-refractivity contribution is 5.78. The second kappa shape index (κ2) is 8.30. The molecule has 0 aromatic rings. The van der Waals surface area contributed by atoms with Crippen molar-refractivity contribution in [2.24, 2.45) is 23.7 Å². The van der Waals surface area contributed by atoms with Crippen molar-refractivity contribution in [1.29, 1.82) is 0 Å². The summed E-state index contributed by atoms with van der Waals surface area (Å²) >= 11 is 0. The lowest BCUT2D eigenvalue weighted by molar-refractivity contribution is 0.151. The maximum atomic E-state index is 12.0. The zero-order valence-corrected chi connectivity index (χ0v) is 15.8. The molecule has 2 amide bonds. The molecule has 4 heteroatoms. The molecule has 0 spiro atoms. The quantitative estimate of drug-likeness (QED) is 0.693. The average molecular weight is 367 g/mol. The molecule has 27 heavy (non-hydrogen) atoms. The van der Waals surface area contributed by atoms with Gasteiger partial charge in [0.2, 0.25) is 0 Å². The second-order valence-corrected chi connectivity index (χ2v) is 8.28. The lowest BCUT2D eigenvalue weighted by Gasteiger charge is -2.37. The minimum Gasteiger partial charge on any atom is -0.370 e. The van der Waals surface area contributed by atoms with E-state index in [0.717, 1.165) is 49.3 Å². The number of aliphatic hydroxyl groups excluding tert-OH is 1. The molecule has 3 unspecified atom stereocenters. The van der Waals surface area contributed by atoms with Gasteiger partial charge in [0.05, 0.1) is 0 Å². The van der Waals surface area contributed by atoms with Crippen LogP contribution in [0.25, 0.3) is 0 Å². The molecule has 1 saturated carbocycles. The summed E-state index contributed by atoms with van der Waals surface area (Å²) in [5.74, 6) is 2.14. The minimum absolute atomic E-state index is 0.275. The third kappa shape index (κ3) is 4.27. The van der Waals surface area contributed by atoms with Crippen molar-refractivity contribution in [3.63, 3.8) is 0 Å². The first-order chi connectivity index (χ1) is 13.2. The standard InChI is InChI=1S/C23H30N2O2/c26-22-20(15-16-7-3-1-4-8-16)21(24-23(27)25-22)19-13-11-18(12-14-19)17-9-5-2-6-10-17/h1-7,9,16-19,22,26H,8,10-15H2,(H2,24,25,27). The van der Waals surface area contributed by atoms with Crippen LogP contribution >= 0.6 is 0 Å². The maximum absolute atomic E-state index is 12.0. The molecule has 3 N–H and O–H groups in total. The molecule has 3 aliphatic carbocycles. The highest BCUT2D eigenvalue weighted by atomic mass is 16.3. The summed E-state index contributed by atoms with van der Waals surface area (Å²) in [5.41, 5.74) is 1.97. The number of aliphatic hydroxyl groups is 1. The van der Waals surface area contributed by atoms with Crippen molar-refractivity contribution >= 4 is 6.03 Å². The van der Waals surface area contributed by atoms with Crippen LogP contribution in [-0.2, 0) is 0 Å². The Kier molecular flexibility index (Phi) is 5.63. The van der Waals surface area contributed by atoms with Crippen LogP contribution in [0.2, 0.25) is 0 Å². The number of rotatable bonds is 4. The van der Waals surface area contributed by atoms with E-state index in [1.54, 1.807) is 0 Å². The third-order valence-corrected chi connectivity index (χ3v) is 6.54. The van der Waals surface area contributed by atoms with E-state index in [1.165, 1.54) is 12.8 Å². The van der Waals surface area contributed by atoms with Gasteiger partial charge in [0, 0.05) is 5.70 Å². The van der Waals surface area contributed by atoms with E-state index in [9.17, 15) is 9.90 Å². The minimum atomic E-state index is -0.864. The number of hydrogen-bond donors (Lipinski definition) is 3. The SMILES string of the molecule is O=C1NC(C2CCC(C3C=CC=CC3)CC2)=C(CC2C=CC=CC2)C(O)N1. The van der Waals surface area contributed by atoms with Gasteiger partial charge in [-0.3, -0.25) is 0 Å². The molecule has 1 fully saturated rings. The first-order valence-electron chi connectivity index (χ1n) is 10.4. The van der Waals surface area contributed by atoms with Gasteiger partial charge in [0.1, 0.15) is 0 Å². The van der Waals surface area contributed by atoms with Gasteiger partial charge >= 0.3 is 6.03 Å². The Labute approximate surface area is 161 Å². The number of hydrogen-bond acceptors (Lipinski definition) is 2. The normalized spacial score (nSPS) is 35.9. The summed E-state index contributed by atoms with van der Waals surface area (Å²) in [6.45, 7) is 0. The van der Waals surface area contributed by atoms with Crippen LogP contribution in [0, 0.1) is 23.7 Å². The lowest BCUT2D eigenvalue weighted by atomic mass is 9.72. The van der Waals surface area contributed by atoms with E-state index in [1.807, 2.05) is 0 Å². The Morgan fingerprint density at radius 1 is 0.963 bits per heavy atom. The molecule has 1 heterocycles. The molecule has 0 aromatic carbocycles. The second-order valence-electron chi connectivity index (χ2n) is 8.28. The summed E-state index contributed by atoms with van der Waals surface area (Å²) < 4.78 is 0. The Balaban J connectivity index is 1.46. The molecule has 1 aliphatic heterocycles. The van der Waals surface area contributed by atoms with E-state index in [-0.39, 0.29) is 6.03 Å². The van der Waals surface area contributed by atoms with E-state index in [0.29, 0.717) is 17.8 Å². The van der Waals surface area contributed by atoms with E-state index in [2.05, 4.69) is 59.2 Å². The topological polar surface area (TPSA) is 61.4 Å². The van der Waals surface area contributed by atoms with Crippen LogP contribution in [-0.4, -0.2) is 17.4 Å². The van der Waals surface area contributed by atoms with E-state index < -0.39 is 6.23 Å². The van der Waals surface area contributed by atoms with Crippen LogP contribution in [0.4, 0.5) is 4.79 Å². The molecule has 0 radical (unpaired) electrons. The summed E-state index contributed by atoms with van der Waals surface area (Å²) in [6, 6.07) is -0.275. The molecule has 4 rings (SSSR count). The molecular weight excluding hydrogens is 336 g/mol. The highest BCUT2D eigenvalue weighted by Gasteiger charge is 2.34. The molecule has 144 valence electrons. The Morgan fingerprint density at radius 2 is 1.70 bits per heavy atom. The fourth-order valence-corrected chi connectivity index (χ4v) is 5.03. The summed E-state index contributed by atoms with van der Waals surface area (Å²) in [6.07, 6.45) is 24.1. The van der Waals surface area contributed by atoms with Gasteiger partial charge in [0.15, 0.2) is 6.23 Å². The number of allylic oxidation sites excluding steroid dienone is 9. The van der Waals surface area contributed by atoms with Gasteiger partial charge in [-0.15, -0.1) is 0 Å². The summed E-state index contributed by atoms with van der Waals surface area (Å²) in [5, 5.41) is 16.2. The molecule has 3 atom stereocenters. The first-order valence-corrected chi connectivity index (χ1v) is 10.4. The van der Waals surface area contributed by atoms with Gasteiger partial charge in [-0.25, -0.2) is 4.79 Å². The monoisotopic (exact) mass is 366 g/mol. The summed E-state index contributed by atoms with van der Waals surface area (Å²) in [4.78, 5) is 12.0. The predicted molar refractivity (Wildman–Crippen MR) is 108 cm³/mol. The van der Waals surface area contributed by atoms with Crippen molar-refractivity contribution in [2.75, 3.05) is 0 Å². The number of carbonyl (C=O) groups is 1. The predicted octanol–water partition coefficient (Wildman–Crippen LogP) is 4.33. The number of urea groups is 1. The number of carbonyl (C=O) groups excluding carboxylic acids is 1. The fraction of sp³-hybridized carbons (Fsp3) is 0.522. The van der Waals surface area contributed by atoms with Gasteiger partial charge in [-0.05, 0) is 74.2 Å². The molecule has 4 aliphatic rings. The van der Waals surface area contributed by atoms with E-state index >= 15 is 0 Å². The van der Waals surface area contributed by atoms with E-state index in [4.69, 9.17) is 0 Å². The lowest BCUT2D eigenvalue weighted by Crippen LogP contribution is -2.50. The third-order valence-electron chi connectivity index (χ3n) is 6.54. The Morgan fingerprint density at radius 3 is 2.37 bits per heavy atom. The fourth-order valence-electron chi connectivity index (χ4n) is 5.03.